The number of halogens is 1. The summed E-state index contributed by atoms with van der Waals surface area (Å²) < 4.78 is 11.2. The number of benzene rings is 1. The van der Waals surface area contributed by atoms with Crippen LogP contribution in [0.3, 0.4) is 0 Å². The Morgan fingerprint density at radius 3 is 2.95 bits per heavy atom. The van der Waals surface area contributed by atoms with Gasteiger partial charge in [-0.15, -0.1) is 0 Å². The van der Waals surface area contributed by atoms with E-state index in [1.54, 1.807) is 7.11 Å². The second kappa shape index (κ2) is 7.30. The van der Waals surface area contributed by atoms with Crippen LogP contribution in [0.2, 0.25) is 5.02 Å². The molecule has 0 aliphatic carbocycles. The Labute approximate surface area is 126 Å². The van der Waals surface area contributed by atoms with E-state index in [-0.39, 0.29) is 0 Å². The lowest BCUT2D eigenvalue weighted by molar-refractivity contribution is -0.0245. The molecule has 2 unspecified atom stereocenters. The molecule has 1 aromatic rings. The predicted octanol–water partition coefficient (Wildman–Crippen LogP) is 3.64. The fraction of sp³-hybridized carbons (Fsp3) is 0.625. The molecule has 112 valence electrons. The molecule has 1 N–H and O–H groups in total. The summed E-state index contributed by atoms with van der Waals surface area (Å²) in [6.45, 7) is 5.99. The second-order valence-electron chi connectivity index (χ2n) is 5.68. The van der Waals surface area contributed by atoms with Crippen molar-refractivity contribution in [2.45, 2.75) is 45.4 Å². The van der Waals surface area contributed by atoms with Crippen LogP contribution in [-0.2, 0) is 11.3 Å². The van der Waals surface area contributed by atoms with E-state index in [1.807, 2.05) is 18.2 Å². The Balaban J connectivity index is 1.95. The lowest BCUT2D eigenvalue weighted by atomic mass is 9.95. The molecule has 2 rings (SSSR count). The zero-order valence-electron chi connectivity index (χ0n) is 12.5. The van der Waals surface area contributed by atoms with Gasteiger partial charge in [0.05, 0.1) is 13.2 Å². The molecular formula is C16H24ClNO2. The lowest BCUT2D eigenvalue weighted by Crippen LogP contribution is -2.40. The maximum absolute atomic E-state index is 6.26. The van der Waals surface area contributed by atoms with E-state index >= 15 is 0 Å². The van der Waals surface area contributed by atoms with Crippen molar-refractivity contribution in [3.05, 3.63) is 28.8 Å². The van der Waals surface area contributed by atoms with E-state index in [4.69, 9.17) is 21.1 Å². The number of methoxy groups -OCH3 is 1. The molecule has 0 spiro atoms. The standard InChI is InChI=1S/C16H24ClNO2/c1-11(2)16-9-12(7-8-20-16)18-10-13-14(17)5-4-6-15(13)19-3/h4-6,11-12,16,18H,7-10H2,1-3H3. The van der Waals surface area contributed by atoms with Gasteiger partial charge in [0.25, 0.3) is 0 Å². The Morgan fingerprint density at radius 1 is 1.45 bits per heavy atom. The van der Waals surface area contributed by atoms with Crippen molar-refractivity contribution in [2.24, 2.45) is 5.92 Å². The third-order valence-corrected chi connectivity index (χ3v) is 4.28. The minimum Gasteiger partial charge on any atom is -0.496 e. The molecule has 2 atom stereocenters. The molecule has 3 nitrogen and oxygen atoms in total. The van der Waals surface area contributed by atoms with Crippen LogP contribution in [0, 0.1) is 5.92 Å². The molecule has 1 heterocycles. The van der Waals surface area contributed by atoms with Crippen LogP contribution in [0.5, 0.6) is 5.75 Å². The fourth-order valence-corrected chi connectivity index (χ4v) is 2.86. The number of nitrogens with one attached hydrogen (secondary N) is 1. The average molecular weight is 298 g/mol. The summed E-state index contributed by atoms with van der Waals surface area (Å²) in [4.78, 5) is 0. The van der Waals surface area contributed by atoms with E-state index in [0.29, 0.717) is 18.1 Å². The van der Waals surface area contributed by atoms with Crippen molar-refractivity contribution >= 4 is 11.6 Å². The minimum absolute atomic E-state index is 0.356. The SMILES string of the molecule is COc1cccc(Cl)c1CNC1CCOC(C(C)C)C1. The van der Waals surface area contributed by atoms with Crippen molar-refractivity contribution in [3.63, 3.8) is 0 Å². The molecule has 1 saturated heterocycles. The number of hydrogen-bond acceptors (Lipinski definition) is 3. The van der Waals surface area contributed by atoms with Crippen LogP contribution in [0.1, 0.15) is 32.3 Å². The summed E-state index contributed by atoms with van der Waals surface area (Å²) in [5, 5.41) is 4.35. The highest BCUT2D eigenvalue weighted by molar-refractivity contribution is 6.31. The largest absolute Gasteiger partial charge is 0.496 e. The summed E-state index contributed by atoms with van der Waals surface area (Å²) in [6, 6.07) is 6.25. The molecule has 0 bridgehead atoms. The van der Waals surface area contributed by atoms with Gasteiger partial charge >= 0.3 is 0 Å². The summed E-state index contributed by atoms with van der Waals surface area (Å²) in [5.41, 5.74) is 1.03. The fourth-order valence-electron chi connectivity index (χ4n) is 2.63. The Morgan fingerprint density at radius 2 is 2.25 bits per heavy atom. The van der Waals surface area contributed by atoms with Crippen molar-refractivity contribution in [1.29, 1.82) is 0 Å². The van der Waals surface area contributed by atoms with Crippen LogP contribution >= 0.6 is 11.6 Å². The van der Waals surface area contributed by atoms with Gasteiger partial charge in [-0.1, -0.05) is 31.5 Å². The zero-order chi connectivity index (χ0) is 14.5. The lowest BCUT2D eigenvalue weighted by Gasteiger charge is -2.32. The van der Waals surface area contributed by atoms with Crippen molar-refractivity contribution in [2.75, 3.05) is 13.7 Å². The second-order valence-corrected chi connectivity index (χ2v) is 6.08. The Hall–Kier alpha value is -0.770. The van der Waals surface area contributed by atoms with Crippen molar-refractivity contribution < 1.29 is 9.47 Å². The Kier molecular flexibility index (Phi) is 5.70. The minimum atomic E-state index is 0.356. The van der Waals surface area contributed by atoms with Gasteiger partial charge in [0.1, 0.15) is 5.75 Å². The summed E-state index contributed by atoms with van der Waals surface area (Å²) in [7, 11) is 1.68. The van der Waals surface area contributed by atoms with Gasteiger partial charge < -0.3 is 14.8 Å². The maximum atomic E-state index is 6.26. The molecule has 1 aliphatic rings. The molecule has 1 aromatic carbocycles. The number of rotatable bonds is 5. The topological polar surface area (TPSA) is 30.5 Å². The molecule has 0 aromatic heterocycles. The quantitative estimate of drug-likeness (QED) is 0.900. The van der Waals surface area contributed by atoms with Crippen molar-refractivity contribution in [3.8, 4) is 5.75 Å². The first-order valence-corrected chi connectivity index (χ1v) is 7.66. The summed E-state index contributed by atoms with van der Waals surface area (Å²) in [5.74, 6) is 1.41. The predicted molar refractivity (Wildman–Crippen MR) is 82.4 cm³/mol. The van der Waals surface area contributed by atoms with Crippen LogP contribution in [0.4, 0.5) is 0 Å². The van der Waals surface area contributed by atoms with Gasteiger partial charge in [-0.2, -0.15) is 0 Å². The summed E-state index contributed by atoms with van der Waals surface area (Å²) in [6.07, 6.45) is 2.47. The van der Waals surface area contributed by atoms with Crippen molar-refractivity contribution in [1.82, 2.24) is 5.32 Å². The van der Waals surface area contributed by atoms with E-state index in [0.717, 1.165) is 42.3 Å². The van der Waals surface area contributed by atoms with Gasteiger partial charge in [0, 0.05) is 29.8 Å². The molecular weight excluding hydrogens is 274 g/mol. The number of ether oxygens (including phenoxy) is 2. The first-order valence-electron chi connectivity index (χ1n) is 7.28. The van der Waals surface area contributed by atoms with Gasteiger partial charge in [0.15, 0.2) is 0 Å². The zero-order valence-corrected chi connectivity index (χ0v) is 13.2. The molecule has 0 radical (unpaired) electrons. The first kappa shape index (κ1) is 15.6. The maximum Gasteiger partial charge on any atom is 0.124 e. The van der Waals surface area contributed by atoms with E-state index < -0.39 is 0 Å². The van der Waals surface area contributed by atoms with Crippen LogP contribution in [-0.4, -0.2) is 25.9 Å². The van der Waals surface area contributed by atoms with E-state index in [9.17, 15) is 0 Å². The van der Waals surface area contributed by atoms with Crippen LogP contribution in [0.25, 0.3) is 0 Å². The average Bonchev–Trinajstić information content (AvgIpc) is 2.46. The molecule has 0 saturated carbocycles. The van der Waals surface area contributed by atoms with Crippen LogP contribution < -0.4 is 10.1 Å². The van der Waals surface area contributed by atoms with Gasteiger partial charge in [-0.05, 0) is 30.9 Å². The molecule has 1 fully saturated rings. The third kappa shape index (κ3) is 3.87. The van der Waals surface area contributed by atoms with E-state index in [1.165, 1.54) is 0 Å². The van der Waals surface area contributed by atoms with Gasteiger partial charge in [-0.3, -0.25) is 0 Å². The number of hydrogen-bond donors (Lipinski definition) is 1. The highest BCUT2D eigenvalue weighted by Crippen LogP contribution is 2.27. The highest BCUT2D eigenvalue weighted by Gasteiger charge is 2.24. The van der Waals surface area contributed by atoms with Gasteiger partial charge in [-0.25, -0.2) is 0 Å². The third-order valence-electron chi connectivity index (χ3n) is 3.92. The first-order chi connectivity index (χ1) is 9.61. The Bertz CT molecular complexity index is 436. The molecule has 1 aliphatic heterocycles. The molecule has 20 heavy (non-hydrogen) atoms. The molecule has 0 amide bonds. The summed E-state index contributed by atoms with van der Waals surface area (Å²) >= 11 is 6.26. The normalized spacial score (nSPS) is 23.1. The molecule has 4 heteroatoms. The monoisotopic (exact) mass is 297 g/mol. The van der Waals surface area contributed by atoms with E-state index in [2.05, 4.69) is 19.2 Å². The van der Waals surface area contributed by atoms with Gasteiger partial charge in [0.2, 0.25) is 0 Å². The van der Waals surface area contributed by atoms with Crippen LogP contribution in [0.15, 0.2) is 18.2 Å². The smallest absolute Gasteiger partial charge is 0.124 e. The highest BCUT2D eigenvalue weighted by atomic mass is 35.5.